The molecule has 0 fully saturated rings. The first kappa shape index (κ1) is 22.6. The number of hydrogen-bond acceptors (Lipinski definition) is 8. The van der Waals surface area contributed by atoms with Gasteiger partial charge in [-0.3, -0.25) is 9.59 Å². The largest absolute Gasteiger partial charge is 0.507 e. The first-order valence-electron chi connectivity index (χ1n) is 9.83. The van der Waals surface area contributed by atoms with Crippen molar-refractivity contribution in [1.29, 1.82) is 0 Å². The van der Waals surface area contributed by atoms with Crippen molar-refractivity contribution in [2.24, 2.45) is 5.92 Å². The van der Waals surface area contributed by atoms with Crippen LogP contribution in [0.2, 0.25) is 5.02 Å². The Balaban J connectivity index is 2.42. The van der Waals surface area contributed by atoms with Crippen molar-refractivity contribution in [2.45, 2.75) is 40.0 Å². The average Bonchev–Trinajstić information content (AvgIpc) is 2.73. The molecule has 2 aromatic carbocycles. The van der Waals surface area contributed by atoms with Crippen LogP contribution in [0.4, 0.5) is 0 Å². The molecule has 166 valence electrons. The Bertz CT molecular complexity index is 1110. The normalized spacial score (nSPS) is 15.5. The Morgan fingerprint density at radius 1 is 0.968 bits per heavy atom. The van der Waals surface area contributed by atoms with Gasteiger partial charge in [-0.05, 0) is 19.8 Å². The molecule has 2 aromatic rings. The molecule has 31 heavy (non-hydrogen) atoms. The van der Waals surface area contributed by atoms with Gasteiger partial charge in [0, 0.05) is 12.0 Å². The van der Waals surface area contributed by atoms with Gasteiger partial charge in [0.2, 0.25) is 0 Å². The lowest BCUT2D eigenvalue weighted by Gasteiger charge is -2.27. The number of carbonyl (C=O) groups excluding carboxylic acids is 2. The van der Waals surface area contributed by atoms with E-state index in [0.717, 1.165) is 0 Å². The standard InChI is InChI=1S/C22H23ClO8/c1-4-6-10(24)11-18(27)13(21(30)15(23)20(11)29)12-16(25)8(3)22-14(19(12)28)17(26)9(5-2)7-31-22/h9,25,27-30H,4-7H2,1-3H3. The summed E-state index contributed by atoms with van der Waals surface area (Å²) < 4.78 is 5.59. The van der Waals surface area contributed by atoms with Crippen LogP contribution in [0.1, 0.15) is 59.4 Å². The molecular weight excluding hydrogens is 428 g/mol. The fourth-order valence-corrected chi connectivity index (χ4v) is 3.96. The van der Waals surface area contributed by atoms with Crippen molar-refractivity contribution < 1.29 is 39.9 Å². The fraction of sp³-hybridized carbons (Fsp3) is 0.364. The SMILES string of the molecule is CCCC(=O)c1c(O)c(Cl)c(O)c(-c2c(O)c(C)c3c(c2O)C(=O)C(CC)CO3)c1O. The van der Waals surface area contributed by atoms with E-state index in [4.69, 9.17) is 16.3 Å². The number of hydrogen-bond donors (Lipinski definition) is 5. The van der Waals surface area contributed by atoms with Crippen molar-refractivity contribution in [3.05, 3.63) is 21.7 Å². The number of Topliss-reactive ketones (excluding diaryl/α,β-unsaturated/α-hetero) is 2. The number of rotatable bonds is 5. The molecule has 1 unspecified atom stereocenters. The molecule has 3 rings (SSSR count). The Morgan fingerprint density at radius 2 is 1.58 bits per heavy atom. The molecule has 0 radical (unpaired) electrons. The molecule has 0 saturated carbocycles. The zero-order valence-corrected chi connectivity index (χ0v) is 18.0. The highest BCUT2D eigenvalue weighted by Crippen LogP contribution is 2.57. The van der Waals surface area contributed by atoms with E-state index >= 15 is 0 Å². The first-order chi connectivity index (χ1) is 14.6. The predicted molar refractivity (Wildman–Crippen MR) is 113 cm³/mol. The second kappa shape index (κ2) is 8.19. The molecule has 0 amide bonds. The summed E-state index contributed by atoms with van der Waals surface area (Å²) in [6.45, 7) is 5.02. The zero-order valence-electron chi connectivity index (χ0n) is 17.2. The van der Waals surface area contributed by atoms with Gasteiger partial charge in [0.15, 0.2) is 17.3 Å². The van der Waals surface area contributed by atoms with E-state index < -0.39 is 67.9 Å². The Morgan fingerprint density at radius 3 is 2.16 bits per heavy atom. The summed E-state index contributed by atoms with van der Waals surface area (Å²) in [6, 6.07) is 0. The van der Waals surface area contributed by atoms with Crippen molar-refractivity contribution >= 4 is 23.2 Å². The van der Waals surface area contributed by atoms with Gasteiger partial charge in [-0.2, -0.15) is 0 Å². The van der Waals surface area contributed by atoms with E-state index in [2.05, 4.69) is 0 Å². The number of fused-ring (bicyclic) bond motifs is 1. The summed E-state index contributed by atoms with van der Waals surface area (Å²) in [5, 5.41) is 52.7. The first-order valence-corrected chi connectivity index (χ1v) is 10.2. The lowest BCUT2D eigenvalue weighted by Crippen LogP contribution is -2.28. The van der Waals surface area contributed by atoms with E-state index in [9.17, 15) is 35.1 Å². The van der Waals surface area contributed by atoms with Crippen molar-refractivity contribution in [3.8, 4) is 45.6 Å². The molecule has 0 aliphatic carbocycles. The third-order valence-electron chi connectivity index (χ3n) is 5.54. The van der Waals surface area contributed by atoms with Crippen LogP contribution in [0.15, 0.2) is 0 Å². The van der Waals surface area contributed by atoms with E-state index in [-0.39, 0.29) is 29.9 Å². The topological polar surface area (TPSA) is 145 Å². The summed E-state index contributed by atoms with van der Waals surface area (Å²) in [6.07, 6.45) is 0.821. The highest BCUT2D eigenvalue weighted by atomic mass is 35.5. The summed E-state index contributed by atoms with van der Waals surface area (Å²) in [4.78, 5) is 25.4. The quantitative estimate of drug-likeness (QED) is 0.421. The Hall–Kier alpha value is -3.13. The molecule has 1 atom stereocenters. The minimum absolute atomic E-state index is 0.000382. The number of phenolic OH excluding ortho intramolecular Hbond substituents is 5. The van der Waals surface area contributed by atoms with Gasteiger partial charge < -0.3 is 30.3 Å². The molecule has 5 N–H and O–H groups in total. The monoisotopic (exact) mass is 450 g/mol. The highest BCUT2D eigenvalue weighted by molar-refractivity contribution is 6.35. The van der Waals surface area contributed by atoms with E-state index in [1.54, 1.807) is 13.8 Å². The molecule has 0 bridgehead atoms. The molecule has 0 saturated heterocycles. The predicted octanol–water partition coefficient (Wildman–Crippen LogP) is 4.43. The summed E-state index contributed by atoms with van der Waals surface area (Å²) in [5.41, 5.74) is -1.73. The summed E-state index contributed by atoms with van der Waals surface area (Å²) in [5.74, 6) is -5.48. The molecule has 9 heteroatoms. The van der Waals surface area contributed by atoms with Gasteiger partial charge >= 0.3 is 0 Å². The fourth-order valence-electron chi connectivity index (χ4n) is 3.77. The van der Waals surface area contributed by atoms with E-state index in [1.165, 1.54) is 6.92 Å². The number of carbonyl (C=O) groups is 2. The highest BCUT2D eigenvalue weighted by Gasteiger charge is 2.38. The second-order valence-corrected chi connectivity index (χ2v) is 7.84. The molecular formula is C22H23ClO8. The Labute approximate surface area is 183 Å². The lowest BCUT2D eigenvalue weighted by atomic mass is 9.86. The van der Waals surface area contributed by atoms with Gasteiger partial charge in [-0.1, -0.05) is 25.4 Å². The van der Waals surface area contributed by atoms with Crippen LogP contribution in [-0.4, -0.2) is 43.7 Å². The van der Waals surface area contributed by atoms with Crippen LogP contribution in [0.25, 0.3) is 11.1 Å². The minimum Gasteiger partial charge on any atom is -0.507 e. The van der Waals surface area contributed by atoms with Crippen LogP contribution in [0.5, 0.6) is 34.5 Å². The number of aromatic hydroxyl groups is 5. The molecule has 0 aromatic heterocycles. The third kappa shape index (κ3) is 3.31. The maximum absolute atomic E-state index is 12.9. The smallest absolute Gasteiger partial charge is 0.176 e. The Kier molecular flexibility index (Phi) is 5.96. The average molecular weight is 451 g/mol. The maximum atomic E-state index is 12.9. The maximum Gasteiger partial charge on any atom is 0.176 e. The van der Waals surface area contributed by atoms with Gasteiger partial charge in [-0.25, -0.2) is 0 Å². The van der Waals surface area contributed by atoms with Gasteiger partial charge in [-0.15, -0.1) is 0 Å². The van der Waals surface area contributed by atoms with E-state index in [0.29, 0.717) is 12.8 Å². The molecule has 1 aliphatic heterocycles. The summed E-state index contributed by atoms with van der Waals surface area (Å²) >= 11 is 6.00. The molecule has 0 spiro atoms. The molecule has 8 nitrogen and oxygen atoms in total. The van der Waals surface area contributed by atoms with Crippen molar-refractivity contribution in [3.63, 3.8) is 0 Å². The van der Waals surface area contributed by atoms with Crippen LogP contribution in [0, 0.1) is 12.8 Å². The van der Waals surface area contributed by atoms with Gasteiger partial charge in [0.05, 0.1) is 23.7 Å². The number of halogens is 1. The second-order valence-electron chi connectivity index (χ2n) is 7.46. The van der Waals surface area contributed by atoms with Crippen LogP contribution in [0.3, 0.4) is 0 Å². The zero-order chi connectivity index (χ0) is 23.2. The number of benzene rings is 2. The van der Waals surface area contributed by atoms with Crippen LogP contribution in [-0.2, 0) is 0 Å². The third-order valence-corrected chi connectivity index (χ3v) is 5.90. The number of ether oxygens (including phenoxy) is 1. The molecule has 1 aliphatic rings. The summed E-state index contributed by atoms with van der Waals surface area (Å²) in [7, 11) is 0. The lowest BCUT2D eigenvalue weighted by molar-refractivity contribution is 0.0820. The van der Waals surface area contributed by atoms with E-state index in [1.807, 2.05) is 0 Å². The number of ketones is 2. The molecule has 1 heterocycles. The van der Waals surface area contributed by atoms with Gasteiger partial charge in [0.25, 0.3) is 0 Å². The van der Waals surface area contributed by atoms with Crippen molar-refractivity contribution in [1.82, 2.24) is 0 Å². The van der Waals surface area contributed by atoms with Crippen LogP contribution < -0.4 is 4.74 Å². The van der Waals surface area contributed by atoms with Crippen molar-refractivity contribution in [2.75, 3.05) is 6.61 Å². The van der Waals surface area contributed by atoms with Crippen LogP contribution >= 0.6 is 11.6 Å². The minimum atomic E-state index is -0.876. The number of phenols is 5. The van der Waals surface area contributed by atoms with Gasteiger partial charge in [0.1, 0.15) is 44.9 Å².